The molecule has 0 radical (unpaired) electrons. The normalized spacial score (nSPS) is 9.90. The quantitative estimate of drug-likeness (QED) is 0.366. The number of carboxylic acid groups (broad SMARTS) is 4. The largest absolute Gasteiger partial charge is 2.00 e. The average Bonchev–Trinajstić information content (AvgIpc) is 2.16. The van der Waals surface area contributed by atoms with Crippen LogP contribution in [0.2, 0.25) is 0 Å². The molecule has 0 spiro atoms. The summed E-state index contributed by atoms with van der Waals surface area (Å²) < 4.78 is 0. The van der Waals surface area contributed by atoms with Gasteiger partial charge in [0.05, 0.1) is 23.9 Å². The molecule has 0 aromatic carbocycles. The van der Waals surface area contributed by atoms with Crippen LogP contribution in [0.5, 0.6) is 0 Å². The molecule has 0 N–H and O–H groups in total. The summed E-state index contributed by atoms with van der Waals surface area (Å²) in [5.74, 6) is -6.06. The van der Waals surface area contributed by atoms with Crippen LogP contribution in [0.1, 0.15) is 13.8 Å². The molecule has 0 atom stereocenters. The van der Waals surface area contributed by atoms with E-state index in [2.05, 4.69) is 0 Å². The summed E-state index contributed by atoms with van der Waals surface area (Å²) in [7, 11) is 0. The Hall–Kier alpha value is -1.11. The molecule has 10 heteroatoms. The third-order valence-corrected chi connectivity index (χ3v) is 1.31. The van der Waals surface area contributed by atoms with Gasteiger partial charge in [-0.15, -0.1) is 0 Å². The molecular weight excluding hydrogens is 297 g/mol. The fraction of sp³-hybridized carbons (Fsp3) is 0.200. The van der Waals surface area contributed by atoms with E-state index in [9.17, 15) is 39.6 Å². The van der Waals surface area contributed by atoms with E-state index in [4.69, 9.17) is 0 Å². The zero-order valence-corrected chi connectivity index (χ0v) is 13.7. The van der Waals surface area contributed by atoms with E-state index in [1.54, 1.807) is 0 Å². The van der Waals surface area contributed by atoms with Crippen molar-refractivity contribution in [1.82, 2.24) is 0 Å². The molecule has 0 bridgehead atoms. The van der Waals surface area contributed by atoms with Crippen LogP contribution in [-0.2, 0) is 19.2 Å². The number of hydrogen-bond acceptors (Lipinski definition) is 8. The molecule has 0 aliphatic heterocycles. The molecule has 0 saturated carbocycles. The summed E-state index contributed by atoms with van der Waals surface area (Å²) in [6.07, 6.45) is 0.935. The van der Waals surface area contributed by atoms with E-state index in [-0.39, 0.29) is 57.3 Å². The molecule has 100 valence electrons. The first-order valence-electron chi connectivity index (χ1n) is 4.29. The summed E-state index contributed by atoms with van der Waals surface area (Å²) in [5, 5.41) is 38.8. The molecule has 0 saturated heterocycles. The predicted molar refractivity (Wildman–Crippen MR) is 59.1 cm³/mol. The van der Waals surface area contributed by atoms with Crippen molar-refractivity contribution in [3.05, 3.63) is 23.3 Å². The molecular formula is C10H8Mg2O8. The second-order valence-corrected chi connectivity index (χ2v) is 2.87. The number of carbonyl (C=O) groups is 4. The third kappa shape index (κ3) is 19.2. The van der Waals surface area contributed by atoms with Gasteiger partial charge in [0.2, 0.25) is 0 Å². The van der Waals surface area contributed by atoms with Crippen LogP contribution in [0.25, 0.3) is 0 Å². The Bertz CT molecular complexity index is 385. The van der Waals surface area contributed by atoms with Crippen LogP contribution >= 0.6 is 0 Å². The summed E-state index contributed by atoms with van der Waals surface area (Å²) >= 11 is 0. The summed E-state index contributed by atoms with van der Waals surface area (Å²) in [4.78, 5) is 38.8. The number of carbonyl (C=O) groups excluding carboxylic acids is 4. The first kappa shape index (κ1) is 27.3. The van der Waals surface area contributed by atoms with Crippen LogP contribution < -0.4 is 20.4 Å². The summed E-state index contributed by atoms with van der Waals surface area (Å²) in [6, 6.07) is 0. The van der Waals surface area contributed by atoms with Crippen LogP contribution in [0.4, 0.5) is 0 Å². The molecule has 0 aromatic heterocycles. The van der Waals surface area contributed by atoms with Gasteiger partial charge in [-0.2, -0.15) is 0 Å². The molecule has 0 aliphatic rings. The van der Waals surface area contributed by atoms with E-state index in [1.807, 2.05) is 0 Å². The van der Waals surface area contributed by atoms with Gasteiger partial charge in [0.15, 0.2) is 0 Å². The van der Waals surface area contributed by atoms with E-state index in [1.165, 1.54) is 0 Å². The second-order valence-electron chi connectivity index (χ2n) is 2.87. The Morgan fingerprint density at radius 1 is 0.650 bits per heavy atom. The SMILES string of the molecule is C/C(=C/C(=O)[O-])C(=O)[O-].C/C(=C\C(=O)[O-])C(=O)[O-].[Mg+2].[Mg+2]. The van der Waals surface area contributed by atoms with E-state index in [0.29, 0.717) is 12.2 Å². The van der Waals surface area contributed by atoms with Crippen LogP contribution in [0.15, 0.2) is 23.3 Å². The van der Waals surface area contributed by atoms with Crippen LogP contribution in [0.3, 0.4) is 0 Å². The number of carboxylic acids is 4. The number of aliphatic carboxylic acids is 4. The number of hydrogen-bond donors (Lipinski definition) is 0. The molecule has 8 nitrogen and oxygen atoms in total. The first-order valence-corrected chi connectivity index (χ1v) is 4.29. The van der Waals surface area contributed by atoms with Gasteiger partial charge in [-0.1, -0.05) is 0 Å². The topological polar surface area (TPSA) is 161 Å². The smallest absolute Gasteiger partial charge is 0.545 e. The van der Waals surface area contributed by atoms with E-state index < -0.39 is 23.9 Å². The van der Waals surface area contributed by atoms with Crippen molar-refractivity contribution in [1.29, 1.82) is 0 Å². The third-order valence-electron chi connectivity index (χ3n) is 1.31. The molecule has 0 fully saturated rings. The van der Waals surface area contributed by atoms with Crippen molar-refractivity contribution in [2.45, 2.75) is 13.8 Å². The van der Waals surface area contributed by atoms with Gasteiger partial charge in [-0.05, 0) is 37.1 Å². The molecule has 0 heterocycles. The zero-order chi connectivity index (χ0) is 14.9. The molecule has 0 rings (SSSR count). The minimum absolute atomic E-state index is 0. The van der Waals surface area contributed by atoms with Crippen molar-refractivity contribution >= 4 is 70.0 Å². The standard InChI is InChI=1S/2C5H6O4.2Mg/c2*1-3(5(8)9)2-4(6)7;;/h2*2H,1H3,(H,6,7)(H,8,9);;/q;;2*+2/p-4/b3-2+;3-2-;;. The average molecular weight is 305 g/mol. The molecule has 0 amide bonds. The van der Waals surface area contributed by atoms with Gasteiger partial charge in [-0.25, -0.2) is 0 Å². The number of rotatable bonds is 4. The minimum atomic E-state index is -1.53. The maximum atomic E-state index is 9.76. The Morgan fingerprint density at radius 3 is 0.900 bits per heavy atom. The van der Waals surface area contributed by atoms with E-state index in [0.717, 1.165) is 13.8 Å². The fourth-order valence-electron chi connectivity index (χ4n) is 0.471. The summed E-state index contributed by atoms with van der Waals surface area (Å²) in [5.41, 5.74) is -0.704. The Morgan fingerprint density at radius 2 is 0.850 bits per heavy atom. The van der Waals surface area contributed by atoms with Gasteiger partial charge < -0.3 is 39.6 Å². The molecule has 20 heavy (non-hydrogen) atoms. The van der Waals surface area contributed by atoms with E-state index >= 15 is 0 Å². The van der Waals surface area contributed by atoms with Gasteiger partial charge in [0.25, 0.3) is 0 Å². The molecule has 0 aliphatic carbocycles. The fourth-order valence-corrected chi connectivity index (χ4v) is 0.471. The molecule has 0 aromatic rings. The Kier molecular flexibility index (Phi) is 19.5. The molecule has 0 unspecified atom stereocenters. The van der Waals surface area contributed by atoms with Crippen molar-refractivity contribution in [3.63, 3.8) is 0 Å². The van der Waals surface area contributed by atoms with Crippen molar-refractivity contribution in [2.24, 2.45) is 0 Å². The van der Waals surface area contributed by atoms with Crippen LogP contribution in [0, 0.1) is 0 Å². The van der Waals surface area contributed by atoms with Crippen molar-refractivity contribution < 1.29 is 39.6 Å². The first-order chi connectivity index (χ1) is 8.07. The zero-order valence-electron chi connectivity index (χ0n) is 10.8. The van der Waals surface area contributed by atoms with Crippen LogP contribution in [-0.4, -0.2) is 70.0 Å². The monoisotopic (exact) mass is 304 g/mol. The summed E-state index contributed by atoms with van der Waals surface area (Å²) in [6.45, 7) is 2.23. The predicted octanol–water partition coefficient (Wildman–Crippen LogP) is -5.90. The van der Waals surface area contributed by atoms with Gasteiger partial charge in [-0.3, -0.25) is 0 Å². The van der Waals surface area contributed by atoms with Crippen molar-refractivity contribution in [2.75, 3.05) is 0 Å². The second kappa shape index (κ2) is 14.3. The Balaban J connectivity index is -0.000000116. The van der Waals surface area contributed by atoms with Gasteiger partial charge in [0.1, 0.15) is 0 Å². The Labute approximate surface area is 146 Å². The van der Waals surface area contributed by atoms with Gasteiger partial charge >= 0.3 is 46.1 Å². The maximum Gasteiger partial charge on any atom is 2.00 e. The van der Waals surface area contributed by atoms with Crippen molar-refractivity contribution in [3.8, 4) is 0 Å². The maximum absolute atomic E-state index is 9.76. The minimum Gasteiger partial charge on any atom is -0.545 e. The van der Waals surface area contributed by atoms with Gasteiger partial charge in [0, 0.05) is 0 Å².